The van der Waals surface area contributed by atoms with E-state index in [4.69, 9.17) is 9.47 Å². The molecule has 1 aromatic carbocycles. The predicted octanol–water partition coefficient (Wildman–Crippen LogP) is 1.41. The van der Waals surface area contributed by atoms with E-state index in [-0.39, 0.29) is 10.8 Å². The summed E-state index contributed by atoms with van der Waals surface area (Å²) in [5, 5.41) is 2.73. The first-order chi connectivity index (χ1) is 11.5. The summed E-state index contributed by atoms with van der Waals surface area (Å²) in [4.78, 5) is 12.1. The summed E-state index contributed by atoms with van der Waals surface area (Å²) in [5.41, 5.74) is 0.359. The van der Waals surface area contributed by atoms with E-state index in [0.717, 1.165) is 0 Å². The molecule has 1 aliphatic heterocycles. The third kappa shape index (κ3) is 4.62. The van der Waals surface area contributed by atoms with Crippen LogP contribution in [0.1, 0.15) is 6.42 Å². The Morgan fingerprint density at radius 3 is 2.71 bits per heavy atom. The van der Waals surface area contributed by atoms with Crippen molar-refractivity contribution in [2.75, 3.05) is 50.7 Å². The van der Waals surface area contributed by atoms with Crippen molar-refractivity contribution in [1.29, 1.82) is 0 Å². The molecule has 0 aromatic heterocycles. The Labute approximate surface area is 146 Å². The Morgan fingerprint density at radius 2 is 2.08 bits per heavy atom. The molecular weight excluding hydrogens is 352 g/mol. The van der Waals surface area contributed by atoms with Gasteiger partial charge in [0.2, 0.25) is 15.9 Å². The van der Waals surface area contributed by atoms with Gasteiger partial charge in [0.1, 0.15) is 5.75 Å². The first-order valence-corrected chi connectivity index (χ1v) is 10.4. The summed E-state index contributed by atoms with van der Waals surface area (Å²) in [6.07, 6.45) is 2.27. The second-order valence-corrected chi connectivity index (χ2v) is 8.09. The maximum Gasteiger partial charge on any atom is 0.243 e. The highest BCUT2D eigenvalue weighted by Gasteiger charge is 2.27. The number of morpholine rings is 1. The molecule has 1 amide bonds. The summed E-state index contributed by atoms with van der Waals surface area (Å²) in [5.74, 6) is 0.942. The lowest BCUT2D eigenvalue weighted by molar-refractivity contribution is -0.115. The minimum absolute atomic E-state index is 0.130. The number of nitrogens with one attached hydrogen (secondary N) is 1. The number of sulfonamides is 1. The van der Waals surface area contributed by atoms with Crippen molar-refractivity contribution in [3.05, 3.63) is 18.2 Å². The minimum atomic E-state index is -3.62. The number of carbonyl (C=O) groups excluding carboxylic acids is 1. The van der Waals surface area contributed by atoms with Crippen LogP contribution in [-0.2, 0) is 19.6 Å². The van der Waals surface area contributed by atoms with Crippen molar-refractivity contribution in [1.82, 2.24) is 4.31 Å². The second kappa shape index (κ2) is 8.70. The van der Waals surface area contributed by atoms with Crippen molar-refractivity contribution < 1.29 is 22.7 Å². The number of hydrogen-bond acceptors (Lipinski definition) is 6. The van der Waals surface area contributed by atoms with Crippen LogP contribution in [0.2, 0.25) is 0 Å². The summed E-state index contributed by atoms with van der Waals surface area (Å²) >= 11 is 1.57. The van der Waals surface area contributed by atoms with E-state index in [0.29, 0.717) is 49.9 Å². The molecule has 7 nitrogen and oxygen atoms in total. The van der Waals surface area contributed by atoms with Gasteiger partial charge in [-0.25, -0.2) is 8.42 Å². The fourth-order valence-corrected chi connectivity index (χ4v) is 4.11. The molecule has 1 saturated heterocycles. The molecule has 0 unspecified atom stereocenters. The average Bonchev–Trinajstić information content (AvgIpc) is 2.60. The van der Waals surface area contributed by atoms with Crippen molar-refractivity contribution >= 4 is 33.4 Å². The molecule has 0 bridgehead atoms. The molecule has 1 fully saturated rings. The Morgan fingerprint density at radius 1 is 1.38 bits per heavy atom. The molecule has 0 radical (unpaired) electrons. The molecule has 1 aromatic rings. The topological polar surface area (TPSA) is 84.9 Å². The van der Waals surface area contributed by atoms with Gasteiger partial charge < -0.3 is 14.8 Å². The first-order valence-electron chi connectivity index (χ1n) is 7.53. The zero-order valence-electron chi connectivity index (χ0n) is 13.8. The summed E-state index contributed by atoms with van der Waals surface area (Å²) in [6.45, 7) is 1.41. The van der Waals surface area contributed by atoms with Gasteiger partial charge in [-0.05, 0) is 24.5 Å². The Kier molecular flexibility index (Phi) is 6.90. The van der Waals surface area contributed by atoms with Crippen molar-refractivity contribution in [3.8, 4) is 5.75 Å². The van der Waals surface area contributed by atoms with Crippen LogP contribution in [0, 0.1) is 0 Å². The van der Waals surface area contributed by atoms with Crippen LogP contribution in [-0.4, -0.2) is 64.1 Å². The van der Waals surface area contributed by atoms with Crippen molar-refractivity contribution in [2.45, 2.75) is 11.3 Å². The molecule has 2 rings (SSSR count). The molecule has 24 heavy (non-hydrogen) atoms. The number of ether oxygens (including phenoxy) is 2. The lowest BCUT2D eigenvalue weighted by atomic mass is 10.3. The van der Waals surface area contributed by atoms with Gasteiger partial charge in [-0.15, -0.1) is 0 Å². The third-order valence-corrected chi connectivity index (χ3v) is 6.09. The summed E-state index contributed by atoms with van der Waals surface area (Å²) in [6, 6.07) is 4.49. The first kappa shape index (κ1) is 19.0. The van der Waals surface area contributed by atoms with Crippen LogP contribution in [0.15, 0.2) is 23.1 Å². The number of rotatable bonds is 7. The molecule has 0 aliphatic carbocycles. The van der Waals surface area contributed by atoms with Gasteiger partial charge in [-0.1, -0.05) is 0 Å². The SMILES string of the molecule is COc1ccc(S(=O)(=O)N2CCOCC2)cc1NC(=O)CCSC. The normalized spacial score (nSPS) is 15.9. The van der Waals surface area contributed by atoms with Gasteiger partial charge in [-0.3, -0.25) is 4.79 Å². The van der Waals surface area contributed by atoms with Crippen LogP contribution >= 0.6 is 11.8 Å². The molecule has 1 aliphatic rings. The third-order valence-electron chi connectivity index (χ3n) is 3.59. The average molecular weight is 374 g/mol. The quantitative estimate of drug-likeness (QED) is 0.777. The largest absolute Gasteiger partial charge is 0.495 e. The molecule has 1 heterocycles. The number of methoxy groups -OCH3 is 1. The highest BCUT2D eigenvalue weighted by atomic mass is 32.2. The zero-order chi connectivity index (χ0) is 17.6. The van der Waals surface area contributed by atoms with Crippen LogP contribution in [0.5, 0.6) is 5.75 Å². The van der Waals surface area contributed by atoms with E-state index in [1.165, 1.54) is 23.5 Å². The molecule has 1 N–H and O–H groups in total. The minimum Gasteiger partial charge on any atom is -0.495 e. The van der Waals surface area contributed by atoms with Gasteiger partial charge in [-0.2, -0.15) is 16.1 Å². The highest BCUT2D eigenvalue weighted by Crippen LogP contribution is 2.29. The maximum atomic E-state index is 12.7. The fraction of sp³-hybridized carbons (Fsp3) is 0.533. The number of nitrogens with zero attached hydrogens (tertiary/aromatic N) is 1. The number of thioether (sulfide) groups is 1. The lowest BCUT2D eigenvalue weighted by Gasteiger charge is -2.26. The number of anilines is 1. The van der Waals surface area contributed by atoms with Crippen LogP contribution in [0.25, 0.3) is 0 Å². The van der Waals surface area contributed by atoms with Crippen LogP contribution in [0.4, 0.5) is 5.69 Å². The van der Waals surface area contributed by atoms with Gasteiger partial charge in [0.05, 0.1) is 30.9 Å². The Balaban J connectivity index is 2.25. The molecule has 134 valence electrons. The van der Waals surface area contributed by atoms with Crippen molar-refractivity contribution in [2.24, 2.45) is 0 Å². The van der Waals surface area contributed by atoms with Crippen LogP contribution < -0.4 is 10.1 Å². The molecule has 9 heteroatoms. The molecule has 0 atom stereocenters. The smallest absolute Gasteiger partial charge is 0.243 e. The fourth-order valence-electron chi connectivity index (χ4n) is 2.29. The zero-order valence-corrected chi connectivity index (χ0v) is 15.4. The Hall–Kier alpha value is -1.29. The van der Waals surface area contributed by atoms with Crippen molar-refractivity contribution in [3.63, 3.8) is 0 Å². The number of hydrogen-bond donors (Lipinski definition) is 1. The van der Waals surface area contributed by atoms with Crippen LogP contribution in [0.3, 0.4) is 0 Å². The van der Waals surface area contributed by atoms with E-state index in [2.05, 4.69) is 5.32 Å². The monoisotopic (exact) mass is 374 g/mol. The summed E-state index contributed by atoms with van der Waals surface area (Å²) in [7, 11) is -2.14. The number of amides is 1. The van der Waals surface area contributed by atoms with Gasteiger partial charge in [0.25, 0.3) is 0 Å². The maximum absolute atomic E-state index is 12.7. The molecular formula is C15H22N2O5S2. The lowest BCUT2D eigenvalue weighted by Crippen LogP contribution is -2.40. The van der Waals surface area contributed by atoms with E-state index in [1.807, 2.05) is 6.26 Å². The van der Waals surface area contributed by atoms with E-state index >= 15 is 0 Å². The van der Waals surface area contributed by atoms with Gasteiger partial charge in [0, 0.05) is 25.3 Å². The summed E-state index contributed by atoms with van der Waals surface area (Å²) < 4.78 is 37.2. The van der Waals surface area contributed by atoms with Gasteiger partial charge in [0.15, 0.2) is 0 Å². The van der Waals surface area contributed by atoms with E-state index in [9.17, 15) is 13.2 Å². The number of benzene rings is 1. The molecule has 0 spiro atoms. The molecule has 0 saturated carbocycles. The van der Waals surface area contributed by atoms with E-state index in [1.54, 1.807) is 17.8 Å². The highest BCUT2D eigenvalue weighted by molar-refractivity contribution is 7.98. The van der Waals surface area contributed by atoms with E-state index < -0.39 is 10.0 Å². The second-order valence-electron chi connectivity index (χ2n) is 5.17. The van der Waals surface area contributed by atoms with Gasteiger partial charge >= 0.3 is 0 Å². The standard InChI is InChI=1S/C15H22N2O5S2/c1-21-14-4-3-12(11-13(14)16-15(18)5-10-23-2)24(19,20)17-6-8-22-9-7-17/h3-4,11H,5-10H2,1-2H3,(H,16,18). The Bertz CT molecular complexity index is 672. The predicted molar refractivity (Wildman–Crippen MR) is 94.2 cm³/mol. The number of carbonyl (C=O) groups is 1.